The van der Waals surface area contributed by atoms with Gasteiger partial charge in [-0.1, -0.05) is 48.6 Å². The average Bonchev–Trinajstić information content (AvgIpc) is 2.94. The molecule has 2 aliphatic carbocycles. The van der Waals surface area contributed by atoms with Gasteiger partial charge in [0.05, 0.1) is 12.2 Å². The summed E-state index contributed by atoms with van der Waals surface area (Å²) in [4.78, 5) is 0. The molecule has 0 atom stereocenters. The van der Waals surface area contributed by atoms with Gasteiger partial charge in [-0.05, 0) is 130 Å². The minimum Gasteiger partial charge on any atom is -0.316 e. The van der Waals surface area contributed by atoms with E-state index >= 15 is 0 Å². The zero-order valence-corrected chi connectivity index (χ0v) is 22.8. The summed E-state index contributed by atoms with van der Waals surface area (Å²) in [6.45, 7) is 5.78. The summed E-state index contributed by atoms with van der Waals surface area (Å²) in [6, 6.07) is 12.4. The van der Waals surface area contributed by atoms with E-state index < -0.39 is 17.5 Å². The summed E-state index contributed by atoms with van der Waals surface area (Å²) in [5.74, 6) is 1.26. The Bertz CT molecular complexity index is 1040. The molecule has 2 fully saturated rings. The van der Waals surface area contributed by atoms with Gasteiger partial charge in [0.15, 0.2) is 0 Å². The molecule has 0 N–H and O–H groups in total. The van der Waals surface area contributed by atoms with E-state index in [9.17, 15) is 13.2 Å². The van der Waals surface area contributed by atoms with Crippen molar-refractivity contribution in [1.29, 1.82) is 0 Å². The molecule has 0 aromatic heterocycles. The SMILES string of the molecule is C=CC1CCC(c2ccc(CCOC(F)(F)c3ccc(C4CCC(CC/C=C/C)CC4)cc3F)cc2)CC1. The standard InChI is InChI=1S/C34H43F3O/c1-3-5-6-7-26-10-18-30(19-11-26)31-20-21-32(33(35)24-31)34(36,37)38-23-22-27-12-16-29(17-13-27)28-14-8-25(4-2)9-15-28/h3-5,12-13,16-17,20-21,24-26,28,30H,2,6-11,14-15,18-19,22-23H2,1H3/b5-3+. The van der Waals surface area contributed by atoms with E-state index in [4.69, 9.17) is 4.74 Å². The first-order valence-corrected chi connectivity index (χ1v) is 14.5. The second-order valence-corrected chi connectivity index (χ2v) is 11.3. The molecule has 0 unspecified atom stereocenters. The summed E-state index contributed by atoms with van der Waals surface area (Å²) in [6.07, 6.45) is 14.2. The molecule has 0 aliphatic heterocycles. The van der Waals surface area contributed by atoms with Crippen LogP contribution in [0.1, 0.15) is 105 Å². The highest BCUT2D eigenvalue weighted by Gasteiger charge is 2.36. The molecule has 0 saturated heterocycles. The van der Waals surface area contributed by atoms with Crippen LogP contribution in [0.3, 0.4) is 0 Å². The van der Waals surface area contributed by atoms with Crippen molar-refractivity contribution in [2.24, 2.45) is 11.8 Å². The van der Waals surface area contributed by atoms with Crippen LogP contribution in [0.25, 0.3) is 0 Å². The van der Waals surface area contributed by atoms with Crippen LogP contribution in [0.5, 0.6) is 0 Å². The molecule has 38 heavy (non-hydrogen) atoms. The Hall–Kier alpha value is -2.33. The largest absolute Gasteiger partial charge is 0.386 e. The van der Waals surface area contributed by atoms with Gasteiger partial charge in [0.25, 0.3) is 0 Å². The highest BCUT2D eigenvalue weighted by atomic mass is 19.3. The lowest BCUT2D eigenvalue weighted by molar-refractivity contribution is -0.249. The number of hydrogen-bond donors (Lipinski definition) is 0. The summed E-state index contributed by atoms with van der Waals surface area (Å²) in [5.41, 5.74) is 2.41. The minimum atomic E-state index is -3.66. The minimum absolute atomic E-state index is 0.171. The lowest BCUT2D eigenvalue weighted by atomic mass is 9.77. The molecule has 2 aliphatic rings. The molecule has 206 valence electrons. The first-order valence-electron chi connectivity index (χ1n) is 14.5. The maximum atomic E-state index is 14.8. The van der Waals surface area contributed by atoms with E-state index in [-0.39, 0.29) is 12.5 Å². The Morgan fingerprint density at radius 3 is 2.16 bits per heavy atom. The number of benzene rings is 2. The van der Waals surface area contributed by atoms with Crippen LogP contribution in [-0.4, -0.2) is 6.61 Å². The predicted octanol–water partition coefficient (Wildman–Crippen LogP) is 10.2. The molecule has 0 bridgehead atoms. The molecule has 4 heteroatoms. The van der Waals surface area contributed by atoms with Crippen molar-refractivity contribution in [1.82, 2.24) is 0 Å². The third kappa shape index (κ3) is 7.62. The first-order chi connectivity index (χ1) is 18.4. The van der Waals surface area contributed by atoms with Crippen LogP contribution in [0.4, 0.5) is 13.2 Å². The van der Waals surface area contributed by atoms with Crippen molar-refractivity contribution in [3.05, 3.63) is 95.3 Å². The van der Waals surface area contributed by atoms with Crippen molar-refractivity contribution in [2.75, 3.05) is 6.61 Å². The molecule has 2 saturated carbocycles. The highest BCUT2D eigenvalue weighted by molar-refractivity contribution is 5.30. The quantitative estimate of drug-likeness (QED) is 0.266. The van der Waals surface area contributed by atoms with E-state index in [2.05, 4.69) is 36.9 Å². The van der Waals surface area contributed by atoms with Crippen molar-refractivity contribution in [3.8, 4) is 0 Å². The Labute approximate surface area is 227 Å². The van der Waals surface area contributed by atoms with Gasteiger partial charge in [-0.2, -0.15) is 8.78 Å². The Balaban J connectivity index is 1.26. The van der Waals surface area contributed by atoms with E-state index in [1.165, 1.54) is 37.0 Å². The van der Waals surface area contributed by atoms with Gasteiger partial charge in [-0.25, -0.2) is 4.39 Å². The third-order valence-corrected chi connectivity index (χ3v) is 8.83. The molecule has 1 nitrogen and oxygen atoms in total. The molecule has 0 radical (unpaired) electrons. The smallest absolute Gasteiger partial charge is 0.316 e. The lowest BCUT2D eigenvalue weighted by Gasteiger charge is -2.29. The van der Waals surface area contributed by atoms with Gasteiger partial charge in [0.1, 0.15) is 5.82 Å². The number of allylic oxidation sites excluding steroid dienone is 3. The highest BCUT2D eigenvalue weighted by Crippen LogP contribution is 2.40. The summed E-state index contributed by atoms with van der Waals surface area (Å²) in [5, 5.41) is 0. The Kier molecular flexibility index (Phi) is 10.3. The van der Waals surface area contributed by atoms with Gasteiger partial charge in [0, 0.05) is 0 Å². The molecule has 2 aromatic carbocycles. The summed E-state index contributed by atoms with van der Waals surface area (Å²) < 4.78 is 49.3. The topological polar surface area (TPSA) is 9.23 Å². The van der Waals surface area contributed by atoms with Gasteiger partial charge in [-0.15, -0.1) is 6.58 Å². The molecule has 0 spiro atoms. The number of hydrogen-bond acceptors (Lipinski definition) is 1. The van der Waals surface area contributed by atoms with Crippen molar-refractivity contribution in [3.63, 3.8) is 0 Å². The fourth-order valence-corrected chi connectivity index (χ4v) is 6.32. The van der Waals surface area contributed by atoms with Crippen LogP contribution in [0.15, 0.2) is 67.3 Å². The normalized spacial score (nSPS) is 24.5. The zero-order valence-electron chi connectivity index (χ0n) is 22.8. The van der Waals surface area contributed by atoms with Crippen LogP contribution in [-0.2, 0) is 17.3 Å². The number of alkyl halides is 2. The Morgan fingerprint density at radius 2 is 1.53 bits per heavy atom. The molecule has 0 amide bonds. The second kappa shape index (κ2) is 13.6. The fraction of sp³-hybridized carbons (Fsp3) is 0.529. The van der Waals surface area contributed by atoms with Crippen molar-refractivity contribution in [2.45, 2.75) is 95.5 Å². The summed E-state index contributed by atoms with van der Waals surface area (Å²) in [7, 11) is 0. The molecule has 0 heterocycles. The van der Waals surface area contributed by atoms with Crippen molar-refractivity contribution < 1.29 is 17.9 Å². The fourth-order valence-electron chi connectivity index (χ4n) is 6.32. The maximum Gasteiger partial charge on any atom is 0.386 e. The monoisotopic (exact) mass is 524 g/mol. The average molecular weight is 525 g/mol. The van der Waals surface area contributed by atoms with Crippen LogP contribution in [0, 0.1) is 17.7 Å². The lowest BCUT2D eigenvalue weighted by Crippen LogP contribution is -2.22. The van der Waals surface area contributed by atoms with Crippen LogP contribution >= 0.6 is 0 Å². The predicted molar refractivity (Wildman–Crippen MR) is 150 cm³/mol. The molecular formula is C34H43F3O. The van der Waals surface area contributed by atoms with E-state index in [0.717, 1.165) is 56.1 Å². The number of halogens is 3. The zero-order chi connectivity index (χ0) is 27.0. The van der Waals surface area contributed by atoms with Crippen molar-refractivity contribution >= 4 is 0 Å². The third-order valence-electron chi connectivity index (χ3n) is 8.83. The van der Waals surface area contributed by atoms with Crippen LogP contribution < -0.4 is 0 Å². The van der Waals surface area contributed by atoms with Gasteiger partial charge in [-0.3, -0.25) is 0 Å². The molecule has 2 aromatic rings. The van der Waals surface area contributed by atoms with E-state index in [1.807, 2.05) is 19.1 Å². The van der Waals surface area contributed by atoms with Gasteiger partial charge in [0.2, 0.25) is 0 Å². The Morgan fingerprint density at radius 1 is 0.895 bits per heavy atom. The van der Waals surface area contributed by atoms with Gasteiger partial charge >= 0.3 is 6.11 Å². The van der Waals surface area contributed by atoms with Gasteiger partial charge < -0.3 is 4.74 Å². The summed E-state index contributed by atoms with van der Waals surface area (Å²) >= 11 is 0. The second-order valence-electron chi connectivity index (χ2n) is 11.3. The number of rotatable bonds is 11. The molecule has 4 rings (SSSR count). The van der Waals surface area contributed by atoms with Crippen LogP contribution in [0.2, 0.25) is 0 Å². The van der Waals surface area contributed by atoms with E-state index in [0.29, 0.717) is 24.2 Å². The maximum absolute atomic E-state index is 14.8. The first kappa shape index (κ1) is 28.7. The number of ether oxygens (including phenoxy) is 1. The molecular weight excluding hydrogens is 481 g/mol. The van der Waals surface area contributed by atoms with E-state index in [1.54, 1.807) is 6.07 Å².